The van der Waals surface area contributed by atoms with Crippen molar-refractivity contribution in [2.24, 2.45) is 5.41 Å². The molecule has 0 aliphatic carbocycles. The first-order valence-corrected chi connectivity index (χ1v) is 14.3. The fraction of sp³-hybridized carbons (Fsp3) is 0.208. The molecule has 3 aromatic carbocycles. The largest absolute Gasteiger partial charge is 0.449 e. The van der Waals surface area contributed by atoms with Crippen molar-refractivity contribution >= 4 is 83.1 Å². The number of halogens is 3. The Labute approximate surface area is 227 Å². The van der Waals surface area contributed by atoms with Gasteiger partial charge in [0.25, 0.3) is 0 Å². The second-order valence-electron chi connectivity index (χ2n) is 7.28. The highest BCUT2D eigenvalue weighted by Gasteiger charge is 2.33. The van der Waals surface area contributed by atoms with Crippen molar-refractivity contribution in [2.75, 3.05) is 30.0 Å². The molecule has 0 unspecified atom stereocenters. The first-order chi connectivity index (χ1) is 15.9. The lowest BCUT2D eigenvalue weighted by molar-refractivity contribution is 0.0736. The molecule has 0 aliphatic heterocycles. The fourth-order valence-electron chi connectivity index (χ4n) is 2.77. The zero-order chi connectivity index (χ0) is 23.7. The van der Waals surface area contributed by atoms with Crippen LogP contribution < -0.4 is 5.32 Å². The van der Waals surface area contributed by atoms with Crippen molar-refractivity contribution in [2.45, 2.75) is 9.79 Å². The minimum atomic E-state index is -0.648. The van der Waals surface area contributed by atoms with Gasteiger partial charge in [-0.1, -0.05) is 36.4 Å². The Balaban J connectivity index is 1.72. The van der Waals surface area contributed by atoms with E-state index in [0.29, 0.717) is 17.2 Å². The van der Waals surface area contributed by atoms with Gasteiger partial charge in [0, 0.05) is 40.1 Å². The Morgan fingerprint density at radius 1 is 0.818 bits per heavy atom. The predicted molar refractivity (Wildman–Crippen MR) is 148 cm³/mol. The number of carbonyl (C=O) groups excluding carboxylic acids is 1. The average molecular weight is 676 g/mol. The molecule has 0 heterocycles. The summed E-state index contributed by atoms with van der Waals surface area (Å²) in [7, 11) is 0. The third-order valence-corrected chi connectivity index (χ3v) is 10.1. The molecule has 0 spiro atoms. The minimum absolute atomic E-state index is 0.0781. The molecule has 0 saturated carbocycles. The quantitative estimate of drug-likeness (QED) is 0.213. The predicted octanol–water partition coefficient (Wildman–Crippen LogP) is 8.09. The summed E-state index contributed by atoms with van der Waals surface area (Å²) in [6, 6.07) is 23.2. The normalized spacial score (nSPS) is 11.3. The van der Waals surface area contributed by atoms with Crippen LogP contribution in [0.25, 0.3) is 0 Å². The first-order valence-electron chi connectivity index (χ1n) is 9.96. The van der Waals surface area contributed by atoms with Crippen LogP contribution >= 0.6 is 71.3 Å². The van der Waals surface area contributed by atoms with Crippen LogP contribution in [-0.4, -0.2) is 35.9 Å². The van der Waals surface area contributed by atoms with Gasteiger partial charge in [-0.05, 0) is 84.2 Å². The number of aliphatic hydroxyl groups is 1. The highest BCUT2D eigenvalue weighted by Crippen LogP contribution is 2.38. The van der Waals surface area contributed by atoms with Gasteiger partial charge >= 0.3 is 6.09 Å². The highest BCUT2D eigenvalue weighted by atomic mass is 79.9. The number of aliphatic hydroxyl groups excluding tert-OH is 1. The second kappa shape index (κ2) is 13.2. The van der Waals surface area contributed by atoms with Crippen molar-refractivity contribution in [1.82, 2.24) is 0 Å². The number of nitrogens with one attached hydrogen (secondary N) is 1. The summed E-state index contributed by atoms with van der Waals surface area (Å²) in [5, 5.41) is 13.2. The molecule has 0 radical (unpaired) electrons. The number of amides is 1. The molecule has 4 nitrogen and oxygen atoms in total. The molecule has 0 atom stereocenters. The van der Waals surface area contributed by atoms with E-state index in [2.05, 4.69) is 53.1 Å². The number of hydrogen-bond acceptors (Lipinski definition) is 5. The summed E-state index contributed by atoms with van der Waals surface area (Å²) in [5.74, 6) is 1.15. The third-order valence-electron chi connectivity index (χ3n) is 4.70. The van der Waals surface area contributed by atoms with E-state index in [4.69, 9.17) is 4.74 Å². The Bertz CT molecular complexity index is 1030. The molecule has 0 aromatic heterocycles. The van der Waals surface area contributed by atoms with E-state index in [-0.39, 0.29) is 13.2 Å². The molecule has 3 aromatic rings. The summed E-state index contributed by atoms with van der Waals surface area (Å²) < 4.78 is 8.37. The second-order valence-corrected chi connectivity index (χ2v) is 11.9. The maximum Gasteiger partial charge on any atom is 0.411 e. The summed E-state index contributed by atoms with van der Waals surface area (Å²) in [6.45, 7) is -0.0428. The van der Waals surface area contributed by atoms with Crippen LogP contribution in [0.15, 0.2) is 96.0 Å². The van der Waals surface area contributed by atoms with E-state index in [0.717, 1.165) is 23.2 Å². The Morgan fingerprint density at radius 3 is 1.79 bits per heavy atom. The van der Waals surface area contributed by atoms with Gasteiger partial charge in [0.2, 0.25) is 0 Å². The van der Waals surface area contributed by atoms with Crippen LogP contribution in [0.2, 0.25) is 0 Å². The van der Waals surface area contributed by atoms with Crippen molar-refractivity contribution in [3.05, 3.63) is 86.2 Å². The Kier molecular flexibility index (Phi) is 10.7. The van der Waals surface area contributed by atoms with Gasteiger partial charge in [-0.2, -0.15) is 0 Å². The van der Waals surface area contributed by atoms with E-state index in [1.54, 1.807) is 29.6 Å². The number of hydrogen-bond donors (Lipinski definition) is 2. The zero-order valence-electron chi connectivity index (χ0n) is 17.5. The average Bonchev–Trinajstić information content (AvgIpc) is 2.82. The molecule has 2 N–H and O–H groups in total. The fourth-order valence-corrected chi connectivity index (χ4v) is 6.78. The van der Waals surface area contributed by atoms with Crippen LogP contribution in [0.4, 0.5) is 10.5 Å². The van der Waals surface area contributed by atoms with Crippen molar-refractivity contribution in [3.63, 3.8) is 0 Å². The molecule has 1 amide bonds. The maximum atomic E-state index is 12.5. The molecule has 0 fully saturated rings. The first kappa shape index (κ1) is 26.6. The molecule has 174 valence electrons. The molecule has 33 heavy (non-hydrogen) atoms. The summed E-state index contributed by atoms with van der Waals surface area (Å²) >= 11 is 13.8. The molecular weight excluding hydrogens is 654 g/mol. The van der Waals surface area contributed by atoms with Crippen LogP contribution in [0.3, 0.4) is 0 Å². The highest BCUT2D eigenvalue weighted by molar-refractivity contribution is 9.11. The van der Waals surface area contributed by atoms with E-state index >= 15 is 0 Å². The molecule has 9 heteroatoms. The van der Waals surface area contributed by atoms with E-state index in [1.807, 2.05) is 66.7 Å². The Morgan fingerprint density at radius 2 is 1.30 bits per heavy atom. The van der Waals surface area contributed by atoms with Gasteiger partial charge in [0.1, 0.15) is 6.61 Å². The summed E-state index contributed by atoms with van der Waals surface area (Å²) in [4.78, 5) is 14.7. The van der Waals surface area contributed by atoms with E-state index in [9.17, 15) is 9.90 Å². The maximum absolute atomic E-state index is 12.5. The molecule has 0 aliphatic rings. The Hall–Kier alpha value is -0.970. The number of anilines is 1. The number of carbonyl (C=O) groups is 1. The van der Waals surface area contributed by atoms with Crippen LogP contribution in [0.1, 0.15) is 0 Å². The van der Waals surface area contributed by atoms with Crippen molar-refractivity contribution in [3.8, 4) is 0 Å². The lowest BCUT2D eigenvalue weighted by atomic mass is 9.96. The van der Waals surface area contributed by atoms with Crippen molar-refractivity contribution < 1.29 is 14.6 Å². The van der Waals surface area contributed by atoms with Gasteiger partial charge in [-0.3, -0.25) is 5.32 Å². The molecular formula is C24H22Br3NO3S2. The smallest absolute Gasteiger partial charge is 0.411 e. The van der Waals surface area contributed by atoms with Crippen LogP contribution in [-0.2, 0) is 4.74 Å². The number of rotatable bonds is 10. The van der Waals surface area contributed by atoms with Crippen molar-refractivity contribution in [1.29, 1.82) is 0 Å². The van der Waals surface area contributed by atoms with E-state index in [1.165, 1.54) is 0 Å². The number of ether oxygens (including phenoxy) is 1. The van der Waals surface area contributed by atoms with E-state index < -0.39 is 11.5 Å². The van der Waals surface area contributed by atoms with Gasteiger partial charge in [-0.25, -0.2) is 4.79 Å². The van der Waals surface area contributed by atoms with Gasteiger partial charge in [0.15, 0.2) is 0 Å². The standard InChI is InChI=1S/C24H22Br3NO3S2/c25-17-7-1-4-10-20(17)28-23(30)31-14-24(13-29,15-32-21-11-5-2-8-18(21)26)16-33-22-12-6-3-9-19(22)27/h1-12,29H,13-16H2,(H,28,30). The number of benzene rings is 3. The SMILES string of the molecule is O=C(Nc1ccccc1Br)OCC(CO)(CSc1ccccc1Br)CSc1ccccc1Br. The monoisotopic (exact) mass is 673 g/mol. The molecule has 3 rings (SSSR count). The minimum Gasteiger partial charge on any atom is -0.449 e. The topological polar surface area (TPSA) is 58.6 Å². The summed E-state index contributed by atoms with van der Waals surface area (Å²) in [6.07, 6.45) is -0.559. The van der Waals surface area contributed by atoms with Crippen LogP contribution in [0, 0.1) is 5.41 Å². The number of para-hydroxylation sites is 1. The number of thioether (sulfide) groups is 2. The lowest BCUT2D eigenvalue weighted by Crippen LogP contribution is -2.38. The zero-order valence-corrected chi connectivity index (χ0v) is 23.9. The molecule has 0 bridgehead atoms. The van der Waals surface area contributed by atoms with Gasteiger partial charge in [0.05, 0.1) is 12.3 Å². The third kappa shape index (κ3) is 8.04. The van der Waals surface area contributed by atoms with Gasteiger partial charge < -0.3 is 9.84 Å². The molecule has 0 saturated heterocycles. The van der Waals surface area contributed by atoms with Crippen LogP contribution in [0.5, 0.6) is 0 Å². The summed E-state index contributed by atoms with van der Waals surface area (Å²) in [5.41, 5.74) is -0.0206. The lowest BCUT2D eigenvalue weighted by Gasteiger charge is -2.31. The van der Waals surface area contributed by atoms with Gasteiger partial charge in [-0.15, -0.1) is 23.5 Å².